The van der Waals surface area contributed by atoms with Crippen molar-refractivity contribution in [2.45, 2.75) is 18.6 Å². The molecule has 0 aliphatic carbocycles. The maximum absolute atomic E-state index is 12.7. The Morgan fingerprint density at radius 2 is 2.04 bits per heavy atom. The Kier molecular flexibility index (Phi) is 6.72. The third kappa shape index (κ3) is 4.92. The Hall–Kier alpha value is -2.35. The van der Waals surface area contributed by atoms with Gasteiger partial charge in [-0.25, -0.2) is 4.99 Å². The zero-order valence-corrected chi connectivity index (χ0v) is 16.8. The molecule has 0 saturated carbocycles. The minimum absolute atomic E-state index is 0.0152. The standard InChI is InChI=1S/C20H20ClN3O3S/c1-13-11-14(21)7-8-16(13)23-18(26)12-17-19(27)24(9-10-25)20(28-17)22-15-5-3-2-4-6-15/h2-8,11,17,25H,9-10,12H2,1H3,(H,23,26)/t17-/m0/s1. The summed E-state index contributed by atoms with van der Waals surface area (Å²) in [5.41, 5.74) is 2.22. The lowest BCUT2D eigenvalue weighted by Crippen LogP contribution is -2.35. The molecule has 6 nitrogen and oxygen atoms in total. The first-order valence-corrected chi connectivity index (χ1v) is 10.0. The van der Waals surface area contributed by atoms with Crippen molar-refractivity contribution >= 4 is 51.7 Å². The highest BCUT2D eigenvalue weighted by Gasteiger charge is 2.38. The third-order valence-electron chi connectivity index (χ3n) is 4.16. The van der Waals surface area contributed by atoms with E-state index >= 15 is 0 Å². The first-order chi connectivity index (χ1) is 13.5. The SMILES string of the molecule is Cc1cc(Cl)ccc1NC(=O)C[C@@H]1SC(=Nc2ccccc2)N(CCO)C1=O. The van der Waals surface area contributed by atoms with Gasteiger partial charge in [0, 0.05) is 17.1 Å². The van der Waals surface area contributed by atoms with Crippen LogP contribution in [0.3, 0.4) is 0 Å². The van der Waals surface area contributed by atoms with Crippen LogP contribution in [-0.2, 0) is 9.59 Å². The number of rotatable bonds is 6. The molecule has 2 aromatic rings. The van der Waals surface area contributed by atoms with Gasteiger partial charge in [0.25, 0.3) is 0 Å². The van der Waals surface area contributed by atoms with Crippen LogP contribution in [0.25, 0.3) is 0 Å². The van der Waals surface area contributed by atoms with E-state index in [0.717, 1.165) is 5.56 Å². The van der Waals surface area contributed by atoms with Gasteiger partial charge in [0.2, 0.25) is 11.8 Å². The van der Waals surface area contributed by atoms with Gasteiger partial charge in [-0.15, -0.1) is 0 Å². The van der Waals surface area contributed by atoms with E-state index in [2.05, 4.69) is 10.3 Å². The maximum atomic E-state index is 12.7. The van der Waals surface area contributed by atoms with Crippen molar-refractivity contribution < 1.29 is 14.7 Å². The van der Waals surface area contributed by atoms with Crippen LogP contribution in [0.1, 0.15) is 12.0 Å². The van der Waals surface area contributed by atoms with Gasteiger partial charge in [-0.3, -0.25) is 14.5 Å². The number of amidine groups is 1. The Morgan fingerprint density at radius 3 is 2.71 bits per heavy atom. The highest BCUT2D eigenvalue weighted by Crippen LogP contribution is 2.32. The van der Waals surface area contributed by atoms with Gasteiger partial charge in [0.1, 0.15) is 5.25 Å². The van der Waals surface area contributed by atoms with E-state index < -0.39 is 5.25 Å². The van der Waals surface area contributed by atoms with Crippen LogP contribution in [0, 0.1) is 6.92 Å². The Morgan fingerprint density at radius 1 is 1.29 bits per heavy atom. The monoisotopic (exact) mass is 417 g/mol. The number of hydrogen-bond donors (Lipinski definition) is 2. The van der Waals surface area contributed by atoms with Gasteiger partial charge < -0.3 is 10.4 Å². The van der Waals surface area contributed by atoms with Crippen molar-refractivity contribution in [3.8, 4) is 0 Å². The van der Waals surface area contributed by atoms with Crippen LogP contribution in [0.2, 0.25) is 5.02 Å². The highest BCUT2D eigenvalue weighted by atomic mass is 35.5. The molecule has 2 amide bonds. The van der Waals surface area contributed by atoms with E-state index in [9.17, 15) is 14.7 Å². The fourth-order valence-corrected chi connectivity index (χ4v) is 4.19. The average molecular weight is 418 g/mol. The Balaban J connectivity index is 1.72. The summed E-state index contributed by atoms with van der Waals surface area (Å²) in [6, 6.07) is 14.5. The van der Waals surface area contributed by atoms with Crippen LogP contribution >= 0.6 is 23.4 Å². The molecule has 146 valence electrons. The molecule has 28 heavy (non-hydrogen) atoms. The molecule has 1 fully saturated rings. The summed E-state index contributed by atoms with van der Waals surface area (Å²) in [6.45, 7) is 1.82. The van der Waals surface area contributed by atoms with E-state index in [1.54, 1.807) is 18.2 Å². The van der Waals surface area contributed by atoms with Gasteiger partial charge in [-0.05, 0) is 42.8 Å². The topological polar surface area (TPSA) is 82.0 Å². The summed E-state index contributed by atoms with van der Waals surface area (Å²) in [5.74, 6) is -0.488. The van der Waals surface area contributed by atoms with Crippen LogP contribution in [-0.4, -0.2) is 45.4 Å². The Bertz CT molecular complexity index is 905. The predicted molar refractivity (Wildman–Crippen MR) is 113 cm³/mol. The van der Waals surface area contributed by atoms with Crippen molar-refractivity contribution in [3.05, 3.63) is 59.1 Å². The third-order valence-corrected chi connectivity index (χ3v) is 5.57. The number of aliphatic imine (C=N–C) groups is 1. The number of aryl methyl sites for hydroxylation is 1. The number of β-amino-alcohol motifs (C(OH)–C–C–N with tert-alkyl or cyclic N) is 1. The van der Waals surface area contributed by atoms with Gasteiger partial charge in [-0.1, -0.05) is 41.6 Å². The molecule has 1 saturated heterocycles. The number of aliphatic hydroxyl groups is 1. The average Bonchev–Trinajstić information content (AvgIpc) is 2.94. The largest absolute Gasteiger partial charge is 0.395 e. The number of carbonyl (C=O) groups is 2. The van der Waals surface area contributed by atoms with Crippen LogP contribution in [0.4, 0.5) is 11.4 Å². The number of anilines is 1. The van der Waals surface area contributed by atoms with Gasteiger partial charge in [0.05, 0.1) is 18.8 Å². The molecule has 0 aromatic heterocycles. The lowest BCUT2D eigenvalue weighted by atomic mass is 10.2. The van der Waals surface area contributed by atoms with Gasteiger partial charge in [-0.2, -0.15) is 0 Å². The minimum atomic E-state index is -0.582. The smallest absolute Gasteiger partial charge is 0.242 e. The van der Waals surface area contributed by atoms with E-state index in [4.69, 9.17) is 11.6 Å². The van der Waals surface area contributed by atoms with E-state index in [1.165, 1.54) is 16.7 Å². The fourth-order valence-electron chi connectivity index (χ4n) is 2.78. The second-order valence-electron chi connectivity index (χ2n) is 6.26. The summed E-state index contributed by atoms with van der Waals surface area (Å²) in [5, 5.41) is 12.6. The van der Waals surface area contributed by atoms with E-state index in [1.807, 2.05) is 37.3 Å². The quantitative estimate of drug-likeness (QED) is 0.752. The first-order valence-electron chi connectivity index (χ1n) is 8.76. The molecule has 1 aliphatic heterocycles. The maximum Gasteiger partial charge on any atom is 0.242 e. The zero-order valence-electron chi connectivity index (χ0n) is 15.3. The number of nitrogens with one attached hydrogen (secondary N) is 1. The van der Waals surface area contributed by atoms with Crippen molar-refractivity contribution in [1.82, 2.24) is 4.90 Å². The number of thioether (sulfide) groups is 1. The minimum Gasteiger partial charge on any atom is -0.395 e. The number of carbonyl (C=O) groups excluding carboxylic acids is 2. The second-order valence-corrected chi connectivity index (χ2v) is 7.87. The lowest BCUT2D eigenvalue weighted by Gasteiger charge is -2.14. The number of hydrogen-bond acceptors (Lipinski definition) is 5. The Labute approximate surface area is 172 Å². The van der Waals surface area contributed by atoms with Crippen LogP contribution < -0.4 is 5.32 Å². The summed E-state index contributed by atoms with van der Waals surface area (Å²) in [7, 11) is 0. The summed E-state index contributed by atoms with van der Waals surface area (Å²) in [6.07, 6.45) is 0.0152. The molecule has 0 bridgehead atoms. The number of nitrogens with zero attached hydrogens (tertiary/aromatic N) is 2. The summed E-state index contributed by atoms with van der Waals surface area (Å²) >= 11 is 7.18. The van der Waals surface area contributed by atoms with Gasteiger partial charge >= 0.3 is 0 Å². The molecule has 8 heteroatoms. The summed E-state index contributed by atoms with van der Waals surface area (Å²) in [4.78, 5) is 31.1. The van der Waals surface area contributed by atoms with Crippen molar-refractivity contribution in [3.63, 3.8) is 0 Å². The molecule has 0 unspecified atom stereocenters. The van der Waals surface area contributed by atoms with Crippen LogP contribution in [0.5, 0.6) is 0 Å². The van der Waals surface area contributed by atoms with Gasteiger partial charge in [0.15, 0.2) is 5.17 Å². The van der Waals surface area contributed by atoms with E-state index in [-0.39, 0.29) is 31.4 Å². The van der Waals surface area contributed by atoms with Crippen molar-refractivity contribution in [2.75, 3.05) is 18.5 Å². The number of benzene rings is 2. The molecule has 0 radical (unpaired) electrons. The second kappa shape index (κ2) is 9.23. The molecular formula is C20H20ClN3O3S. The highest BCUT2D eigenvalue weighted by molar-refractivity contribution is 8.15. The normalized spacial score (nSPS) is 18.0. The fraction of sp³-hybridized carbons (Fsp3) is 0.250. The summed E-state index contributed by atoms with van der Waals surface area (Å²) < 4.78 is 0. The molecular weight excluding hydrogens is 398 g/mol. The zero-order chi connectivity index (χ0) is 20.1. The van der Waals surface area contributed by atoms with Crippen molar-refractivity contribution in [1.29, 1.82) is 0 Å². The van der Waals surface area contributed by atoms with Crippen LogP contribution in [0.15, 0.2) is 53.5 Å². The number of halogens is 1. The molecule has 1 heterocycles. The lowest BCUT2D eigenvalue weighted by molar-refractivity contribution is -0.128. The van der Waals surface area contributed by atoms with Crippen molar-refractivity contribution in [2.24, 2.45) is 4.99 Å². The number of para-hydroxylation sites is 1. The molecule has 2 N–H and O–H groups in total. The molecule has 1 atom stereocenters. The number of aliphatic hydroxyl groups excluding tert-OH is 1. The molecule has 1 aliphatic rings. The molecule has 0 spiro atoms. The molecule has 2 aromatic carbocycles. The molecule has 3 rings (SSSR count). The van der Waals surface area contributed by atoms with E-state index in [0.29, 0.717) is 21.6 Å². The number of amides is 2. The first kappa shape index (κ1) is 20.4. The predicted octanol–water partition coefficient (Wildman–Crippen LogP) is 3.60.